The summed E-state index contributed by atoms with van der Waals surface area (Å²) in [4.78, 5) is 11.5. The molecule has 0 aliphatic carbocycles. The summed E-state index contributed by atoms with van der Waals surface area (Å²) in [6.45, 7) is 0.129. The van der Waals surface area contributed by atoms with Crippen LogP contribution in [0.3, 0.4) is 0 Å². The highest BCUT2D eigenvalue weighted by molar-refractivity contribution is 7.98. The number of thioether (sulfide) groups is 1. The van der Waals surface area contributed by atoms with Gasteiger partial charge in [-0.15, -0.1) is 11.8 Å². The standard InChI is InChI=1S/C10H11F2NOS/c1-15-8-3-2-6(7(14)4-5-13)9(11)10(8)12/h2-3H,4-5,13H2,1H3. The number of Topliss-reactive ketones (excluding diaryl/α,β-unsaturated/α-hetero) is 1. The molecule has 0 aliphatic heterocycles. The summed E-state index contributed by atoms with van der Waals surface area (Å²) in [5.74, 6) is -2.52. The van der Waals surface area contributed by atoms with E-state index in [0.29, 0.717) is 0 Å². The van der Waals surface area contributed by atoms with E-state index in [2.05, 4.69) is 0 Å². The number of carbonyl (C=O) groups is 1. The fourth-order valence-corrected chi connectivity index (χ4v) is 1.64. The van der Waals surface area contributed by atoms with E-state index in [4.69, 9.17) is 5.73 Å². The van der Waals surface area contributed by atoms with E-state index in [1.807, 2.05) is 0 Å². The van der Waals surface area contributed by atoms with Crippen LogP contribution in [0.5, 0.6) is 0 Å². The largest absolute Gasteiger partial charge is 0.330 e. The molecule has 0 bridgehead atoms. The Bertz CT molecular complexity index is 382. The number of carbonyl (C=O) groups excluding carboxylic acids is 1. The van der Waals surface area contributed by atoms with Crippen molar-refractivity contribution in [3.05, 3.63) is 29.3 Å². The monoisotopic (exact) mass is 231 g/mol. The first-order valence-electron chi connectivity index (χ1n) is 4.37. The molecule has 1 aromatic rings. The third kappa shape index (κ3) is 2.54. The molecule has 82 valence electrons. The molecule has 2 nitrogen and oxygen atoms in total. The Morgan fingerprint density at radius 3 is 2.60 bits per heavy atom. The van der Waals surface area contributed by atoms with Crippen molar-refractivity contribution in [2.45, 2.75) is 11.3 Å². The summed E-state index contributed by atoms with van der Waals surface area (Å²) >= 11 is 1.09. The molecule has 15 heavy (non-hydrogen) atoms. The topological polar surface area (TPSA) is 43.1 Å². The number of benzene rings is 1. The lowest BCUT2D eigenvalue weighted by Crippen LogP contribution is -2.10. The van der Waals surface area contributed by atoms with Crippen molar-refractivity contribution in [2.24, 2.45) is 5.73 Å². The molecule has 1 rings (SSSR count). The van der Waals surface area contributed by atoms with Gasteiger partial charge >= 0.3 is 0 Å². The fraction of sp³-hybridized carbons (Fsp3) is 0.300. The summed E-state index contributed by atoms with van der Waals surface area (Å²) in [5.41, 5.74) is 4.94. The zero-order valence-corrected chi connectivity index (χ0v) is 9.04. The molecule has 0 atom stereocenters. The van der Waals surface area contributed by atoms with Crippen molar-refractivity contribution in [2.75, 3.05) is 12.8 Å². The first kappa shape index (κ1) is 12.1. The number of ketones is 1. The number of halogens is 2. The highest BCUT2D eigenvalue weighted by Crippen LogP contribution is 2.24. The second-order valence-electron chi connectivity index (χ2n) is 2.91. The van der Waals surface area contributed by atoms with Crippen molar-refractivity contribution in [1.29, 1.82) is 0 Å². The van der Waals surface area contributed by atoms with Crippen LogP contribution in [0.25, 0.3) is 0 Å². The third-order valence-electron chi connectivity index (χ3n) is 1.94. The number of hydrogen-bond donors (Lipinski definition) is 1. The van der Waals surface area contributed by atoms with Crippen molar-refractivity contribution in [3.63, 3.8) is 0 Å². The number of hydrogen-bond acceptors (Lipinski definition) is 3. The minimum Gasteiger partial charge on any atom is -0.330 e. The fourth-order valence-electron chi connectivity index (χ4n) is 1.17. The Morgan fingerprint density at radius 1 is 1.40 bits per heavy atom. The van der Waals surface area contributed by atoms with Gasteiger partial charge in [0.05, 0.1) is 5.56 Å². The van der Waals surface area contributed by atoms with Gasteiger partial charge in [0.25, 0.3) is 0 Å². The molecule has 0 aliphatic rings. The van der Waals surface area contributed by atoms with Gasteiger partial charge in [0.2, 0.25) is 0 Å². The molecular weight excluding hydrogens is 220 g/mol. The lowest BCUT2D eigenvalue weighted by Gasteiger charge is -2.05. The summed E-state index contributed by atoms with van der Waals surface area (Å²) in [6.07, 6.45) is 1.66. The highest BCUT2D eigenvalue weighted by Gasteiger charge is 2.17. The van der Waals surface area contributed by atoms with Crippen molar-refractivity contribution < 1.29 is 13.6 Å². The summed E-state index contributed by atoms with van der Waals surface area (Å²) in [7, 11) is 0. The predicted molar refractivity (Wildman–Crippen MR) is 56.1 cm³/mol. The predicted octanol–water partition coefficient (Wildman–Crippen LogP) is 2.22. The van der Waals surface area contributed by atoms with Crippen molar-refractivity contribution >= 4 is 17.5 Å². The number of nitrogens with two attached hydrogens (primary N) is 1. The van der Waals surface area contributed by atoms with Crippen molar-refractivity contribution in [3.8, 4) is 0 Å². The van der Waals surface area contributed by atoms with Crippen LogP contribution < -0.4 is 5.73 Å². The Labute approximate surface area is 90.8 Å². The Balaban J connectivity index is 3.11. The van der Waals surface area contributed by atoms with Crippen LogP contribution >= 0.6 is 11.8 Å². The molecule has 0 amide bonds. The van der Waals surface area contributed by atoms with E-state index < -0.39 is 17.4 Å². The molecule has 0 fully saturated rings. The van der Waals surface area contributed by atoms with Crippen LogP contribution in [0.2, 0.25) is 0 Å². The van der Waals surface area contributed by atoms with Crippen LogP contribution in [-0.2, 0) is 0 Å². The molecule has 0 unspecified atom stereocenters. The average molecular weight is 231 g/mol. The summed E-state index contributed by atoms with van der Waals surface area (Å²) in [6, 6.07) is 2.69. The maximum Gasteiger partial charge on any atom is 0.173 e. The van der Waals surface area contributed by atoms with Gasteiger partial charge in [-0.1, -0.05) is 0 Å². The maximum atomic E-state index is 13.4. The van der Waals surface area contributed by atoms with E-state index in [-0.39, 0.29) is 23.4 Å². The van der Waals surface area contributed by atoms with Gasteiger partial charge in [0, 0.05) is 11.3 Å². The van der Waals surface area contributed by atoms with E-state index >= 15 is 0 Å². The van der Waals surface area contributed by atoms with Gasteiger partial charge in [-0.2, -0.15) is 0 Å². The SMILES string of the molecule is CSc1ccc(C(=O)CCN)c(F)c1F. The highest BCUT2D eigenvalue weighted by atomic mass is 32.2. The Kier molecular flexibility index (Phi) is 4.23. The quantitative estimate of drug-likeness (QED) is 0.638. The Hall–Kier alpha value is -0.940. The normalized spacial score (nSPS) is 10.4. The second-order valence-corrected chi connectivity index (χ2v) is 3.75. The molecule has 0 saturated heterocycles. The zero-order chi connectivity index (χ0) is 11.4. The van der Waals surface area contributed by atoms with E-state index in [9.17, 15) is 13.6 Å². The van der Waals surface area contributed by atoms with E-state index in [1.165, 1.54) is 12.1 Å². The molecule has 0 heterocycles. The molecule has 5 heteroatoms. The van der Waals surface area contributed by atoms with Gasteiger partial charge in [-0.25, -0.2) is 8.78 Å². The van der Waals surface area contributed by atoms with E-state index in [0.717, 1.165) is 11.8 Å². The van der Waals surface area contributed by atoms with Crippen LogP contribution in [0, 0.1) is 11.6 Å². The molecule has 0 aromatic heterocycles. The van der Waals surface area contributed by atoms with Crippen LogP contribution in [-0.4, -0.2) is 18.6 Å². The van der Waals surface area contributed by atoms with Gasteiger partial charge in [-0.05, 0) is 24.9 Å². The number of rotatable bonds is 4. The zero-order valence-electron chi connectivity index (χ0n) is 8.22. The minimum atomic E-state index is -1.08. The average Bonchev–Trinajstić information content (AvgIpc) is 2.22. The first-order chi connectivity index (χ1) is 7.11. The lowest BCUT2D eigenvalue weighted by atomic mass is 10.1. The Morgan fingerprint density at radius 2 is 2.07 bits per heavy atom. The van der Waals surface area contributed by atoms with Gasteiger partial charge in [-0.3, -0.25) is 4.79 Å². The molecule has 0 spiro atoms. The third-order valence-corrected chi connectivity index (χ3v) is 2.69. The second kappa shape index (κ2) is 5.23. The van der Waals surface area contributed by atoms with E-state index in [1.54, 1.807) is 6.26 Å². The first-order valence-corrected chi connectivity index (χ1v) is 5.59. The molecule has 0 radical (unpaired) electrons. The summed E-state index contributed by atoms with van der Waals surface area (Å²) < 4.78 is 26.7. The van der Waals surface area contributed by atoms with Gasteiger partial charge in [0.15, 0.2) is 17.4 Å². The molecular formula is C10H11F2NOS. The van der Waals surface area contributed by atoms with Gasteiger partial charge in [0.1, 0.15) is 0 Å². The van der Waals surface area contributed by atoms with Crippen LogP contribution in [0.4, 0.5) is 8.78 Å². The lowest BCUT2D eigenvalue weighted by molar-refractivity contribution is 0.0980. The van der Waals surface area contributed by atoms with Crippen LogP contribution in [0.1, 0.15) is 16.8 Å². The molecule has 0 saturated carbocycles. The maximum absolute atomic E-state index is 13.4. The smallest absolute Gasteiger partial charge is 0.173 e. The molecule has 2 N–H and O–H groups in total. The molecule has 1 aromatic carbocycles. The van der Waals surface area contributed by atoms with Crippen molar-refractivity contribution in [1.82, 2.24) is 0 Å². The minimum absolute atomic E-state index is 0.0228. The van der Waals surface area contributed by atoms with Crippen LogP contribution in [0.15, 0.2) is 17.0 Å². The summed E-state index contributed by atoms with van der Waals surface area (Å²) in [5, 5.41) is 0. The van der Waals surface area contributed by atoms with Gasteiger partial charge < -0.3 is 5.73 Å².